The van der Waals surface area contributed by atoms with Crippen molar-refractivity contribution in [2.45, 2.75) is 53.2 Å². The van der Waals surface area contributed by atoms with E-state index in [2.05, 4.69) is 50.2 Å². The van der Waals surface area contributed by atoms with Crippen molar-refractivity contribution in [1.82, 2.24) is 4.57 Å². The van der Waals surface area contributed by atoms with Gasteiger partial charge in [-0.25, -0.2) is 0 Å². The van der Waals surface area contributed by atoms with Gasteiger partial charge in [0.15, 0.2) is 0 Å². The van der Waals surface area contributed by atoms with Crippen LogP contribution in [-0.4, -0.2) is 4.57 Å². The van der Waals surface area contributed by atoms with Crippen molar-refractivity contribution in [3.05, 3.63) is 97.9 Å². The minimum Gasteiger partial charge on any atom is -0.484 e. The van der Waals surface area contributed by atoms with Crippen LogP contribution in [0.5, 0.6) is 5.75 Å². The summed E-state index contributed by atoms with van der Waals surface area (Å²) in [6, 6.07) is 18.2. The van der Waals surface area contributed by atoms with Crippen LogP contribution in [0.4, 0.5) is 0 Å². The molecule has 0 saturated carbocycles. The molecule has 3 nitrogen and oxygen atoms in total. The summed E-state index contributed by atoms with van der Waals surface area (Å²) in [5, 5.41) is 0.246. The van der Waals surface area contributed by atoms with Crippen LogP contribution in [0.15, 0.2) is 59.4 Å². The highest BCUT2D eigenvalue weighted by molar-refractivity contribution is 6.30. The highest BCUT2D eigenvalue weighted by Gasteiger charge is 2.19. The van der Waals surface area contributed by atoms with Crippen LogP contribution >= 0.6 is 11.6 Å². The third kappa shape index (κ3) is 5.10. The van der Waals surface area contributed by atoms with Gasteiger partial charge in [0.05, 0.1) is 5.69 Å². The Labute approximate surface area is 177 Å². The molecule has 1 heterocycles. The quantitative estimate of drug-likeness (QED) is 0.474. The lowest BCUT2D eigenvalue weighted by molar-refractivity contribution is 0.213. The summed E-state index contributed by atoms with van der Waals surface area (Å²) in [4.78, 5) is 12.8. The van der Waals surface area contributed by atoms with Gasteiger partial charge in [0.1, 0.15) is 16.9 Å². The monoisotopic (exact) mass is 409 g/mol. The zero-order chi connectivity index (χ0) is 21.0. The lowest BCUT2D eigenvalue weighted by atomic mass is 10.1. The minimum atomic E-state index is -0.273. The first-order chi connectivity index (χ1) is 13.9. The molecule has 3 rings (SSSR count). The number of aromatic nitrogens is 1. The number of aryl methyl sites for hydroxylation is 4. The van der Waals surface area contributed by atoms with Crippen LogP contribution < -0.4 is 10.3 Å². The number of benzene rings is 2. The van der Waals surface area contributed by atoms with Gasteiger partial charge in [0.2, 0.25) is 0 Å². The van der Waals surface area contributed by atoms with E-state index < -0.39 is 0 Å². The second-order valence-electron chi connectivity index (χ2n) is 7.51. The van der Waals surface area contributed by atoms with Crippen molar-refractivity contribution >= 4 is 11.6 Å². The standard InChI is InChI=1S/C25H28ClNO2/c1-5-20-7-6-8-22(16-20)29-19(4)24-18(3)15-23(26)25(28)27(24)14-13-21-11-9-17(2)10-12-21/h6-12,15-16,19H,5,13-14H2,1-4H3. The van der Waals surface area contributed by atoms with E-state index in [-0.39, 0.29) is 16.7 Å². The average molecular weight is 410 g/mol. The Morgan fingerprint density at radius 1 is 1.03 bits per heavy atom. The van der Waals surface area contributed by atoms with E-state index in [9.17, 15) is 4.79 Å². The number of halogens is 1. The summed E-state index contributed by atoms with van der Waals surface area (Å²) in [5.74, 6) is 0.809. The van der Waals surface area contributed by atoms with Crippen LogP contribution in [-0.2, 0) is 19.4 Å². The van der Waals surface area contributed by atoms with Crippen LogP contribution in [0, 0.1) is 13.8 Å². The minimum absolute atomic E-state index is 0.169. The first kappa shape index (κ1) is 21.2. The molecule has 0 fully saturated rings. The number of nitrogens with zero attached hydrogens (tertiary/aromatic N) is 1. The Morgan fingerprint density at radius 3 is 2.45 bits per heavy atom. The third-order valence-electron chi connectivity index (χ3n) is 5.24. The fraction of sp³-hybridized carbons (Fsp3) is 0.320. The Kier molecular flexibility index (Phi) is 6.81. The number of ether oxygens (including phenoxy) is 1. The van der Waals surface area contributed by atoms with E-state index in [0.717, 1.165) is 29.8 Å². The molecule has 0 saturated heterocycles. The molecule has 152 valence electrons. The fourth-order valence-corrected chi connectivity index (χ4v) is 3.90. The van der Waals surface area contributed by atoms with Gasteiger partial charge in [0.25, 0.3) is 5.56 Å². The molecule has 1 aromatic heterocycles. The smallest absolute Gasteiger partial charge is 0.269 e. The first-order valence-corrected chi connectivity index (χ1v) is 10.5. The fourth-order valence-electron chi connectivity index (χ4n) is 3.63. The van der Waals surface area contributed by atoms with E-state index >= 15 is 0 Å². The molecule has 0 radical (unpaired) electrons. The van der Waals surface area contributed by atoms with Crippen molar-refractivity contribution < 1.29 is 4.74 Å². The highest BCUT2D eigenvalue weighted by atomic mass is 35.5. The maximum absolute atomic E-state index is 12.8. The number of rotatable bonds is 7. The predicted molar refractivity (Wildman–Crippen MR) is 120 cm³/mol. The maximum atomic E-state index is 12.8. The lowest BCUT2D eigenvalue weighted by Gasteiger charge is -2.23. The summed E-state index contributed by atoms with van der Waals surface area (Å²) in [7, 11) is 0. The molecule has 0 bridgehead atoms. The molecule has 4 heteroatoms. The van der Waals surface area contributed by atoms with Crippen molar-refractivity contribution in [2.75, 3.05) is 0 Å². The van der Waals surface area contributed by atoms with Gasteiger partial charge < -0.3 is 9.30 Å². The molecule has 1 unspecified atom stereocenters. The predicted octanol–water partition coefficient (Wildman–Crippen LogP) is 6.06. The van der Waals surface area contributed by atoms with Crippen LogP contribution in [0.3, 0.4) is 0 Å². The number of pyridine rings is 1. The SMILES string of the molecule is CCc1cccc(OC(C)c2c(C)cc(Cl)c(=O)n2CCc2ccc(C)cc2)c1. The van der Waals surface area contributed by atoms with Crippen LogP contribution in [0.2, 0.25) is 5.02 Å². The molecule has 2 aromatic carbocycles. The van der Waals surface area contributed by atoms with Crippen molar-refractivity contribution in [3.8, 4) is 5.75 Å². The molecular formula is C25H28ClNO2. The molecule has 1 atom stereocenters. The van der Waals surface area contributed by atoms with E-state index in [1.807, 2.05) is 26.0 Å². The summed E-state index contributed by atoms with van der Waals surface area (Å²) >= 11 is 6.22. The third-order valence-corrected chi connectivity index (χ3v) is 5.51. The van der Waals surface area contributed by atoms with E-state index in [4.69, 9.17) is 16.3 Å². The summed E-state index contributed by atoms with van der Waals surface area (Å²) in [6.45, 7) is 8.71. The maximum Gasteiger partial charge on any atom is 0.269 e. The Balaban J connectivity index is 1.91. The van der Waals surface area contributed by atoms with Gasteiger partial charge in [-0.05, 0) is 68.5 Å². The highest BCUT2D eigenvalue weighted by Crippen LogP contribution is 2.26. The first-order valence-electron chi connectivity index (χ1n) is 10.1. The second-order valence-corrected chi connectivity index (χ2v) is 7.92. The lowest BCUT2D eigenvalue weighted by Crippen LogP contribution is -2.28. The van der Waals surface area contributed by atoms with E-state index in [1.54, 1.807) is 10.6 Å². The molecule has 3 aromatic rings. The number of hydrogen-bond donors (Lipinski definition) is 0. The van der Waals surface area contributed by atoms with Crippen LogP contribution in [0.1, 0.15) is 47.9 Å². The molecule has 0 spiro atoms. The molecular weight excluding hydrogens is 382 g/mol. The largest absolute Gasteiger partial charge is 0.484 e. The summed E-state index contributed by atoms with van der Waals surface area (Å²) < 4.78 is 7.99. The van der Waals surface area contributed by atoms with E-state index in [1.165, 1.54) is 16.7 Å². The second kappa shape index (κ2) is 9.32. The normalized spacial score (nSPS) is 12.0. The van der Waals surface area contributed by atoms with Gasteiger partial charge in [-0.15, -0.1) is 0 Å². The summed E-state index contributed by atoms with van der Waals surface area (Å²) in [5.41, 5.74) is 5.29. The van der Waals surface area contributed by atoms with Crippen LogP contribution in [0.25, 0.3) is 0 Å². The zero-order valence-electron chi connectivity index (χ0n) is 17.5. The van der Waals surface area contributed by atoms with Crippen molar-refractivity contribution in [1.29, 1.82) is 0 Å². The molecule has 0 aliphatic carbocycles. The Hall–Kier alpha value is -2.52. The molecule has 29 heavy (non-hydrogen) atoms. The molecule has 0 N–H and O–H groups in total. The number of hydrogen-bond acceptors (Lipinski definition) is 2. The Morgan fingerprint density at radius 2 is 1.76 bits per heavy atom. The topological polar surface area (TPSA) is 31.2 Å². The van der Waals surface area contributed by atoms with Gasteiger partial charge in [-0.2, -0.15) is 0 Å². The van der Waals surface area contributed by atoms with Gasteiger partial charge >= 0.3 is 0 Å². The summed E-state index contributed by atoms with van der Waals surface area (Å²) in [6.07, 6.45) is 1.43. The van der Waals surface area contributed by atoms with Gasteiger partial charge in [-0.3, -0.25) is 4.79 Å². The van der Waals surface area contributed by atoms with Crippen molar-refractivity contribution in [3.63, 3.8) is 0 Å². The zero-order valence-corrected chi connectivity index (χ0v) is 18.3. The van der Waals surface area contributed by atoms with Gasteiger partial charge in [0, 0.05) is 6.54 Å². The Bertz CT molecular complexity index is 1040. The van der Waals surface area contributed by atoms with Gasteiger partial charge in [-0.1, -0.05) is 60.5 Å². The average Bonchev–Trinajstić information content (AvgIpc) is 2.70. The van der Waals surface area contributed by atoms with E-state index in [0.29, 0.717) is 6.54 Å². The molecule has 0 aliphatic heterocycles. The molecule has 0 amide bonds. The van der Waals surface area contributed by atoms with Crippen molar-refractivity contribution in [2.24, 2.45) is 0 Å². The molecule has 0 aliphatic rings.